The zero-order valence-electron chi connectivity index (χ0n) is 12.6. The number of hydrogen-bond acceptors (Lipinski definition) is 3. The Bertz CT molecular complexity index is 672. The van der Waals surface area contributed by atoms with Gasteiger partial charge in [-0.1, -0.05) is 15.9 Å². The molecule has 0 radical (unpaired) electrons. The Morgan fingerprint density at radius 2 is 2.05 bits per heavy atom. The van der Waals surface area contributed by atoms with Gasteiger partial charge < -0.3 is 5.32 Å². The first-order valence-corrected chi connectivity index (χ1v) is 9.47. The molecule has 2 fully saturated rings. The Balaban J connectivity index is 2.00. The van der Waals surface area contributed by atoms with E-state index >= 15 is 0 Å². The SMILES string of the molecule is Cc1cc(S(=O)(=O)N2CC3CNCC3C2(C)C)ccc1Br. The summed E-state index contributed by atoms with van der Waals surface area (Å²) in [6.45, 7) is 8.45. The summed E-state index contributed by atoms with van der Waals surface area (Å²) in [4.78, 5) is 0.393. The Kier molecular flexibility index (Phi) is 3.72. The quantitative estimate of drug-likeness (QED) is 0.866. The van der Waals surface area contributed by atoms with Crippen LogP contribution < -0.4 is 5.32 Å². The molecule has 2 unspecified atom stereocenters. The van der Waals surface area contributed by atoms with Gasteiger partial charge >= 0.3 is 0 Å². The maximum Gasteiger partial charge on any atom is 0.243 e. The van der Waals surface area contributed by atoms with Crippen LogP contribution in [0.25, 0.3) is 0 Å². The summed E-state index contributed by atoms with van der Waals surface area (Å²) in [7, 11) is -3.44. The zero-order valence-corrected chi connectivity index (χ0v) is 15.0. The highest BCUT2D eigenvalue weighted by atomic mass is 79.9. The Hall–Kier alpha value is -0.430. The summed E-state index contributed by atoms with van der Waals surface area (Å²) < 4.78 is 28.7. The number of aryl methyl sites for hydroxylation is 1. The van der Waals surface area contributed by atoms with Crippen LogP contribution in [-0.4, -0.2) is 37.9 Å². The van der Waals surface area contributed by atoms with Crippen molar-refractivity contribution in [2.45, 2.75) is 31.2 Å². The van der Waals surface area contributed by atoms with Crippen LogP contribution in [0.3, 0.4) is 0 Å². The zero-order chi connectivity index (χ0) is 15.4. The smallest absolute Gasteiger partial charge is 0.243 e. The van der Waals surface area contributed by atoms with Gasteiger partial charge in [-0.25, -0.2) is 8.42 Å². The van der Waals surface area contributed by atoms with Gasteiger partial charge in [-0.2, -0.15) is 4.31 Å². The second-order valence-corrected chi connectivity index (χ2v) is 9.34. The standard InChI is InChI=1S/C15H21BrN2O2S/c1-10-6-12(4-5-14(10)16)21(19,20)18-9-11-7-17-8-13(11)15(18,2)3/h4-6,11,13,17H,7-9H2,1-3H3. The van der Waals surface area contributed by atoms with E-state index in [-0.39, 0.29) is 5.54 Å². The van der Waals surface area contributed by atoms with E-state index in [0.29, 0.717) is 23.3 Å². The highest BCUT2D eigenvalue weighted by Gasteiger charge is 2.54. The summed E-state index contributed by atoms with van der Waals surface area (Å²) >= 11 is 3.42. The van der Waals surface area contributed by atoms with E-state index in [2.05, 4.69) is 21.2 Å². The molecule has 21 heavy (non-hydrogen) atoms. The maximum atomic E-state index is 13.0. The molecule has 2 aliphatic heterocycles. The van der Waals surface area contributed by atoms with E-state index in [1.165, 1.54) is 0 Å². The lowest BCUT2D eigenvalue weighted by atomic mass is 9.85. The van der Waals surface area contributed by atoms with Crippen LogP contribution in [-0.2, 0) is 10.0 Å². The minimum atomic E-state index is -3.44. The fourth-order valence-corrected chi connectivity index (χ4v) is 5.91. The van der Waals surface area contributed by atoms with E-state index < -0.39 is 10.0 Å². The third-order valence-corrected chi connectivity index (χ3v) is 7.95. The molecule has 116 valence electrons. The van der Waals surface area contributed by atoms with Crippen molar-refractivity contribution in [3.63, 3.8) is 0 Å². The first-order chi connectivity index (χ1) is 9.74. The minimum absolute atomic E-state index is 0.339. The molecule has 0 saturated carbocycles. The topological polar surface area (TPSA) is 49.4 Å². The van der Waals surface area contributed by atoms with Crippen LogP contribution >= 0.6 is 15.9 Å². The molecule has 2 heterocycles. The average molecular weight is 373 g/mol. The second kappa shape index (κ2) is 5.05. The molecule has 3 rings (SSSR count). The molecular formula is C15H21BrN2O2S. The normalized spacial score (nSPS) is 28.8. The van der Waals surface area contributed by atoms with Crippen molar-refractivity contribution in [3.8, 4) is 0 Å². The Morgan fingerprint density at radius 1 is 1.33 bits per heavy atom. The molecule has 1 aromatic rings. The van der Waals surface area contributed by atoms with E-state index in [1.807, 2.05) is 26.8 Å². The summed E-state index contributed by atoms with van der Waals surface area (Å²) in [6.07, 6.45) is 0. The molecule has 2 atom stereocenters. The number of rotatable bonds is 2. The number of nitrogens with zero attached hydrogens (tertiary/aromatic N) is 1. The fraction of sp³-hybridized carbons (Fsp3) is 0.600. The molecular weight excluding hydrogens is 352 g/mol. The number of benzene rings is 1. The molecule has 0 spiro atoms. The van der Waals surface area contributed by atoms with Crippen molar-refractivity contribution in [3.05, 3.63) is 28.2 Å². The Labute approximate surface area is 135 Å². The van der Waals surface area contributed by atoms with Crippen molar-refractivity contribution in [2.75, 3.05) is 19.6 Å². The number of hydrogen-bond donors (Lipinski definition) is 1. The number of fused-ring (bicyclic) bond motifs is 1. The lowest BCUT2D eigenvalue weighted by molar-refractivity contribution is 0.233. The van der Waals surface area contributed by atoms with Gasteiger partial charge in [0.1, 0.15) is 0 Å². The number of sulfonamides is 1. The molecule has 0 aliphatic carbocycles. The van der Waals surface area contributed by atoms with Crippen molar-refractivity contribution < 1.29 is 8.42 Å². The Morgan fingerprint density at radius 3 is 2.67 bits per heavy atom. The highest BCUT2D eigenvalue weighted by Crippen LogP contribution is 2.43. The van der Waals surface area contributed by atoms with Crippen molar-refractivity contribution >= 4 is 26.0 Å². The summed E-state index contributed by atoms with van der Waals surface area (Å²) in [5.41, 5.74) is 0.600. The van der Waals surface area contributed by atoms with Crippen molar-refractivity contribution in [1.29, 1.82) is 0 Å². The van der Waals surface area contributed by atoms with Crippen LogP contribution in [0.4, 0.5) is 0 Å². The third kappa shape index (κ3) is 2.36. The predicted molar refractivity (Wildman–Crippen MR) is 86.7 cm³/mol. The van der Waals surface area contributed by atoms with Gasteiger partial charge in [0.2, 0.25) is 10.0 Å². The van der Waals surface area contributed by atoms with Crippen LogP contribution in [0.15, 0.2) is 27.6 Å². The minimum Gasteiger partial charge on any atom is -0.316 e. The lowest BCUT2D eigenvalue weighted by Gasteiger charge is -2.34. The molecule has 0 bridgehead atoms. The number of halogens is 1. The van der Waals surface area contributed by atoms with Crippen LogP contribution in [0.2, 0.25) is 0 Å². The molecule has 0 aromatic heterocycles. The van der Waals surface area contributed by atoms with Gasteiger partial charge in [-0.05, 0) is 62.9 Å². The van der Waals surface area contributed by atoms with Crippen molar-refractivity contribution in [2.24, 2.45) is 11.8 Å². The van der Waals surface area contributed by atoms with Gasteiger partial charge in [0.25, 0.3) is 0 Å². The van der Waals surface area contributed by atoms with Crippen LogP contribution in [0.5, 0.6) is 0 Å². The molecule has 1 N–H and O–H groups in total. The largest absolute Gasteiger partial charge is 0.316 e. The highest BCUT2D eigenvalue weighted by molar-refractivity contribution is 9.10. The molecule has 2 aliphatic rings. The van der Waals surface area contributed by atoms with E-state index in [0.717, 1.165) is 23.1 Å². The fourth-order valence-electron chi connectivity index (χ4n) is 3.70. The van der Waals surface area contributed by atoms with Gasteiger partial charge in [0, 0.05) is 23.1 Å². The summed E-state index contributed by atoms with van der Waals surface area (Å²) in [6, 6.07) is 5.25. The molecule has 4 nitrogen and oxygen atoms in total. The molecule has 0 amide bonds. The monoisotopic (exact) mass is 372 g/mol. The lowest BCUT2D eigenvalue weighted by Crippen LogP contribution is -2.47. The van der Waals surface area contributed by atoms with E-state index in [1.54, 1.807) is 16.4 Å². The maximum absolute atomic E-state index is 13.0. The van der Waals surface area contributed by atoms with Gasteiger partial charge in [0.05, 0.1) is 4.90 Å². The first-order valence-electron chi connectivity index (χ1n) is 7.24. The van der Waals surface area contributed by atoms with Gasteiger partial charge in [-0.15, -0.1) is 0 Å². The molecule has 6 heteroatoms. The summed E-state index contributed by atoms with van der Waals surface area (Å²) in [5, 5.41) is 3.38. The van der Waals surface area contributed by atoms with Crippen LogP contribution in [0, 0.1) is 18.8 Å². The van der Waals surface area contributed by atoms with Crippen molar-refractivity contribution in [1.82, 2.24) is 9.62 Å². The second-order valence-electron chi connectivity index (χ2n) is 6.63. The number of nitrogens with one attached hydrogen (secondary N) is 1. The van der Waals surface area contributed by atoms with E-state index in [9.17, 15) is 8.42 Å². The third-order valence-electron chi connectivity index (χ3n) is 5.01. The molecule has 2 saturated heterocycles. The molecule has 1 aromatic carbocycles. The predicted octanol–water partition coefficient (Wildman–Crippen LogP) is 2.38. The van der Waals surface area contributed by atoms with Gasteiger partial charge in [0.15, 0.2) is 0 Å². The van der Waals surface area contributed by atoms with Gasteiger partial charge in [-0.3, -0.25) is 0 Å². The van der Waals surface area contributed by atoms with Crippen LogP contribution in [0.1, 0.15) is 19.4 Å². The van der Waals surface area contributed by atoms with E-state index in [4.69, 9.17) is 0 Å². The first kappa shape index (κ1) is 15.5. The average Bonchev–Trinajstić information content (AvgIpc) is 2.95. The summed E-state index contributed by atoms with van der Waals surface area (Å²) in [5.74, 6) is 0.815.